The average Bonchev–Trinajstić information content (AvgIpc) is 2.34. The zero-order valence-corrected chi connectivity index (χ0v) is 11.4. The van der Waals surface area contributed by atoms with Gasteiger partial charge in [-0.2, -0.15) is 5.10 Å². The molecular formula is C14H18N4O. The van der Waals surface area contributed by atoms with Gasteiger partial charge in [0.05, 0.1) is 24.1 Å². The quantitative estimate of drug-likeness (QED) is 0.908. The van der Waals surface area contributed by atoms with Crippen molar-refractivity contribution in [2.45, 2.75) is 33.4 Å². The second-order valence-corrected chi connectivity index (χ2v) is 4.81. The lowest BCUT2D eigenvalue weighted by molar-refractivity contribution is 0.625. The summed E-state index contributed by atoms with van der Waals surface area (Å²) in [6.07, 6.45) is 3.39. The van der Waals surface area contributed by atoms with Crippen LogP contribution in [-0.4, -0.2) is 20.8 Å². The summed E-state index contributed by atoms with van der Waals surface area (Å²) in [7, 11) is 0. The number of pyridine rings is 1. The van der Waals surface area contributed by atoms with Crippen LogP contribution in [0.15, 0.2) is 35.4 Å². The Morgan fingerprint density at radius 1 is 1.42 bits per heavy atom. The van der Waals surface area contributed by atoms with Gasteiger partial charge in [-0.15, -0.1) is 0 Å². The van der Waals surface area contributed by atoms with Crippen molar-refractivity contribution in [2.24, 2.45) is 0 Å². The molecular weight excluding hydrogens is 240 g/mol. The molecule has 0 fully saturated rings. The maximum absolute atomic E-state index is 12.0. The first-order valence-electron chi connectivity index (χ1n) is 6.30. The minimum absolute atomic E-state index is 0.129. The molecule has 2 aromatic heterocycles. The van der Waals surface area contributed by atoms with Gasteiger partial charge in [-0.3, -0.25) is 9.78 Å². The van der Waals surface area contributed by atoms with Gasteiger partial charge >= 0.3 is 0 Å². The predicted molar refractivity (Wildman–Crippen MR) is 75.3 cm³/mol. The number of nitrogens with one attached hydrogen (secondary N) is 1. The summed E-state index contributed by atoms with van der Waals surface area (Å²) < 4.78 is 1.42. The van der Waals surface area contributed by atoms with Crippen LogP contribution in [0.3, 0.4) is 0 Å². The highest BCUT2D eigenvalue weighted by Gasteiger charge is 2.05. The maximum atomic E-state index is 12.0. The molecule has 0 saturated heterocycles. The molecule has 5 nitrogen and oxygen atoms in total. The third-order valence-corrected chi connectivity index (χ3v) is 2.74. The minimum Gasteiger partial charge on any atom is -0.381 e. The van der Waals surface area contributed by atoms with Gasteiger partial charge in [-0.05, 0) is 32.4 Å². The van der Waals surface area contributed by atoms with Gasteiger partial charge in [-0.1, -0.05) is 6.07 Å². The number of rotatable bonds is 4. The van der Waals surface area contributed by atoms with E-state index in [0.717, 1.165) is 16.9 Å². The van der Waals surface area contributed by atoms with Crippen molar-refractivity contribution in [3.8, 4) is 0 Å². The lowest BCUT2D eigenvalue weighted by Gasteiger charge is -2.10. The molecule has 5 heteroatoms. The summed E-state index contributed by atoms with van der Waals surface area (Å²) in [5, 5.41) is 7.33. The molecule has 2 aromatic rings. The van der Waals surface area contributed by atoms with E-state index < -0.39 is 0 Å². The van der Waals surface area contributed by atoms with Crippen LogP contribution in [0.4, 0.5) is 5.69 Å². The topological polar surface area (TPSA) is 59.8 Å². The Bertz CT molecular complexity index is 619. The first kappa shape index (κ1) is 13.3. The smallest absolute Gasteiger partial charge is 0.269 e. The number of anilines is 1. The first-order valence-corrected chi connectivity index (χ1v) is 6.30. The van der Waals surface area contributed by atoms with Crippen molar-refractivity contribution in [2.75, 3.05) is 5.32 Å². The zero-order valence-electron chi connectivity index (χ0n) is 11.4. The van der Waals surface area contributed by atoms with Crippen LogP contribution in [0.5, 0.6) is 0 Å². The van der Waals surface area contributed by atoms with Crippen LogP contribution in [0.2, 0.25) is 0 Å². The lowest BCUT2D eigenvalue weighted by atomic mass is 10.2. The summed E-state index contributed by atoms with van der Waals surface area (Å²) in [6, 6.07) is 5.69. The normalized spacial score (nSPS) is 10.7. The fraction of sp³-hybridized carbons (Fsp3) is 0.357. The van der Waals surface area contributed by atoms with Crippen molar-refractivity contribution < 1.29 is 0 Å². The Kier molecular flexibility index (Phi) is 3.94. The van der Waals surface area contributed by atoms with Crippen LogP contribution in [0, 0.1) is 6.92 Å². The average molecular weight is 258 g/mol. The van der Waals surface area contributed by atoms with E-state index in [0.29, 0.717) is 6.54 Å². The summed E-state index contributed by atoms with van der Waals surface area (Å²) >= 11 is 0. The van der Waals surface area contributed by atoms with E-state index in [1.807, 2.05) is 32.9 Å². The van der Waals surface area contributed by atoms with Crippen molar-refractivity contribution in [1.82, 2.24) is 14.8 Å². The standard InChI is InChI=1S/C14H18N4O/c1-10(2)17-12-7-14(19)18(16-8-12)9-13-11(3)5-4-6-15-13/h4-8,10,17H,9H2,1-3H3. The molecule has 0 aliphatic rings. The molecule has 0 amide bonds. The van der Waals surface area contributed by atoms with Crippen molar-refractivity contribution >= 4 is 5.69 Å². The highest BCUT2D eigenvalue weighted by atomic mass is 16.1. The summed E-state index contributed by atoms with van der Waals surface area (Å²) in [5.74, 6) is 0. The third-order valence-electron chi connectivity index (χ3n) is 2.74. The zero-order chi connectivity index (χ0) is 13.8. The molecule has 0 unspecified atom stereocenters. The largest absolute Gasteiger partial charge is 0.381 e. The summed E-state index contributed by atoms with van der Waals surface area (Å²) in [6.45, 7) is 6.40. The van der Waals surface area contributed by atoms with E-state index in [2.05, 4.69) is 15.4 Å². The van der Waals surface area contributed by atoms with Crippen LogP contribution in [0.1, 0.15) is 25.1 Å². The Labute approximate surface area is 112 Å². The SMILES string of the molecule is Cc1cccnc1Cn1ncc(NC(C)C)cc1=O. The Balaban J connectivity index is 2.23. The Morgan fingerprint density at radius 3 is 2.84 bits per heavy atom. The van der Waals surface area contributed by atoms with E-state index in [1.54, 1.807) is 18.5 Å². The van der Waals surface area contributed by atoms with Crippen LogP contribution < -0.4 is 10.9 Å². The molecule has 0 saturated carbocycles. The molecule has 0 aliphatic heterocycles. The van der Waals surface area contributed by atoms with Crippen LogP contribution in [-0.2, 0) is 6.54 Å². The fourth-order valence-corrected chi connectivity index (χ4v) is 1.79. The molecule has 100 valence electrons. The number of nitrogens with zero attached hydrogens (tertiary/aromatic N) is 3. The van der Waals surface area contributed by atoms with E-state index in [9.17, 15) is 4.79 Å². The van der Waals surface area contributed by atoms with Gasteiger partial charge in [0.1, 0.15) is 0 Å². The summed E-state index contributed by atoms with van der Waals surface area (Å²) in [4.78, 5) is 16.2. The second-order valence-electron chi connectivity index (χ2n) is 4.81. The van der Waals surface area contributed by atoms with Gasteiger partial charge in [0, 0.05) is 18.3 Å². The van der Waals surface area contributed by atoms with Gasteiger partial charge in [-0.25, -0.2) is 4.68 Å². The molecule has 0 atom stereocenters. The van der Waals surface area contributed by atoms with Crippen LogP contribution in [0.25, 0.3) is 0 Å². The Hall–Kier alpha value is -2.17. The molecule has 2 rings (SSSR count). The van der Waals surface area contributed by atoms with Gasteiger partial charge in [0.2, 0.25) is 0 Å². The monoisotopic (exact) mass is 258 g/mol. The third kappa shape index (κ3) is 3.40. The molecule has 2 heterocycles. The first-order chi connectivity index (χ1) is 9.06. The minimum atomic E-state index is -0.129. The summed E-state index contributed by atoms with van der Waals surface area (Å²) in [5.41, 5.74) is 2.53. The van der Waals surface area contributed by atoms with E-state index in [-0.39, 0.29) is 11.6 Å². The molecule has 19 heavy (non-hydrogen) atoms. The van der Waals surface area contributed by atoms with Crippen molar-refractivity contribution in [1.29, 1.82) is 0 Å². The maximum Gasteiger partial charge on any atom is 0.269 e. The number of hydrogen-bond acceptors (Lipinski definition) is 4. The highest BCUT2D eigenvalue weighted by molar-refractivity contribution is 5.39. The second kappa shape index (κ2) is 5.65. The fourth-order valence-electron chi connectivity index (χ4n) is 1.79. The highest BCUT2D eigenvalue weighted by Crippen LogP contribution is 2.05. The lowest BCUT2D eigenvalue weighted by Crippen LogP contribution is -2.24. The number of hydrogen-bond donors (Lipinski definition) is 1. The molecule has 0 spiro atoms. The Morgan fingerprint density at radius 2 is 2.21 bits per heavy atom. The van der Waals surface area contributed by atoms with E-state index in [4.69, 9.17) is 0 Å². The van der Waals surface area contributed by atoms with Crippen molar-refractivity contribution in [3.63, 3.8) is 0 Å². The molecule has 0 aliphatic carbocycles. The molecule has 1 N–H and O–H groups in total. The molecule has 0 radical (unpaired) electrons. The van der Waals surface area contributed by atoms with Crippen molar-refractivity contribution in [3.05, 3.63) is 52.2 Å². The van der Waals surface area contributed by atoms with Crippen LogP contribution >= 0.6 is 0 Å². The van der Waals surface area contributed by atoms with E-state index >= 15 is 0 Å². The van der Waals surface area contributed by atoms with Gasteiger partial charge in [0.15, 0.2) is 0 Å². The van der Waals surface area contributed by atoms with Gasteiger partial charge < -0.3 is 5.32 Å². The van der Waals surface area contributed by atoms with E-state index in [1.165, 1.54) is 4.68 Å². The molecule has 0 bridgehead atoms. The number of aryl methyl sites for hydroxylation is 1. The predicted octanol–water partition coefficient (Wildman–Crippen LogP) is 1.82. The molecule has 0 aromatic carbocycles. The van der Waals surface area contributed by atoms with Gasteiger partial charge in [0.25, 0.3) is 5.56 Å². The number of aromatic nitrogens is 3.